The molecule has 0 bridgehead atoms. The number of hydrogen-bond donors (Lipinski definition) is 2. The van der Waals surface area contributed by atoms with Crippen molar-refractivity contribution in [2.75, 3.05) is 26.2 Å². The zero-order valence-corrected chi connectivity index (χ0v) is 12.2. The molecule has 4 nitrogen and oxygen atoms in total. The summed E-state index contributed by atoms with van der Waals surface area (Å²) in [6.07, 6.45) is 4.49. The molecular formula is C14H29N3O. The molecule has 2 atom stereocenters. The van der Waals surface area contributed by atoms with Crippen molar-refractivity contribution in [3.8, 4) is 0 Å². The number of carbonyl (C=O) groups is 1. The minimum Gasteiger partial charge on any atom is -0.353 e. The smallest absolute Gasteiger partial charge is 0.237 e. The van der Waals surface area contributed by atoms with E-state index in [1.165, 1.54) is 12.8 Å². The SMILES string of the molecule is CCCN(CC)CCNC(=O)C1CCCC(C)N1. The van der Waals surface area contributed by atoms with Gasteiger partial charge in [-0.2, -0.15) is 0 Å². The number of nitrogens with one attached hydrogen (secondary N) is 2. The van der Waals surface area contributed by atoms with E-state index in [4.69, 9.17) is 0 Å². The van der Waals surface area contributed by atoms with E-state index in [9.17, 15) is 4.79 Å². The van der Waals surface area contributed by atoms with Crippen LogP contribution in [0.3, 0.4) is 0 Å². The van der Waals surface area contributed by atoms with E-state index in [1.807, 2.05) is 0 Å². The van der Waals surface area contributed by atoms with E-state index >= 15 is 0 Å². The first-order chi connectivity index (χ1) is 8.67. The molecule has 1 amide bonds. The third kappa shape index (κ3) is 5.36. The van der Waals surface area contributed by atoms with Crippen LogP contribution in [-0.4, -0.2) is 49.1 Å². The fourth-order valence-corrected chi connectivity index (χ4v) is 2.55. The Hall–Kier alpha value is -0.610. The van der Waals surface area contributed by atoms with Crippen molar-refractivity contribution in [1.29, 1.82) is 0 Å². The van der Waals surface area contributed by atoms with Crippen LogP contribution in [0.25, 0.3) is 0 Å². The van der Waals surface area contributed by atoms with E-state index in [1.54, 1.807) is 0 Å². The largest absolute Gasteiger partial charge is 0.353 e. The molecule has 2 unspecified atom stereocenters. The van der Waals surface area contributed by atoms with Crippen LogP contribution >= 0.6 is 0 Å². The van der Waals surface area contributed by atoms with Crippen molar-refractivity contribution in [3.63, 3.8) is 0 Å². The summed E-state index contributed by atoms with van der Waals surface area (Å²) < 4.78 is 0. The van der Waals surface area contributed by atoms with Gasteiger partial charge < -0.3 is 15.5 Å². The highest BCUT2D eigenvalue weighted by atomic mass is 16.2. The molecule has 1 aliphatic rings. The maximum Gasteiger partial charge on any atom is 0.237 e. The standard InChI is InChI=1S/C14H29N3O/c1-4-10-17(5-2)11-9-15-14(18)13-8-6-7-12(3)16-13/h12-13,16H,4-11H2,1-3H3,(H,15,18). The molecule has 1 fully saturated rings. The lowest BCUT2D eigenvalue weighted by molar-refractivity contribution is -0.124. The van der Waals surface area contributed by atoms with E-state index in [2.05, 4.69) is 36.3 Å². The molecule has 0 aromatic carbocycles. The fraction of sp³-hybridized carbons (Fsp3) is 0.929. The van der Waals surface area contributed by atoms with Gasteiger partial charge in [-0.1, -0.05) is 13.8 Å². The summed E-state index contributed by atoms with van der Waals surface area (Å²) in [5.74, 6) is 0.175. The van der Waals surface area contributed by atoms with E-state index < -0.39 is 0 Å². The minimum atomic E-state index is 0.0231. The summed E-state index contributed by atoms with van der Waals surface area (Å²) in [5, 5.41) is 6.42. The van der Waals surface area contributed by atoms with Crippen LogP contribution in [0.1, 0.15) is 46.5 Å². The first-order valence-corrected chi connectivity index (χ1v) is 7.43. The highest BCUT2D eigenvalue weighted by molar-refractivity contribution is 5.81. The Morgan fingerprint density at radius 3 is 2.72 bits per heavy atom. The topological polar surface area (TPSA) is 44.4 Å². The van der Waals surface area contributed by atoms with E-state index in [0.29, 0.717) is 6.04 Å². The summed E-state index contributed by atoms with van der Waals surface area (Å²) >= 11 is 0. The molecule has 0 radical (unpaired) electrons. The number of piperidine rings is 1. The summed E-state index contributed by atoms with van der Waals surface area (Å²) in [6.45, 7) is 10.4. The molecule has 1 rings (SSSR count). The summed E-state index contributed by atoms with van der Waals surface area (Å²) in [5.41, 5.74) is 0. The number of hydrogen-bond acceptors (Lipinski definition) is 3. The maximum atomic E-state index is 12.0. The maximum absolute atomic E-state index is 12.0. The van der Waals surface area contributed by atoms with Gasteiger partial charge in [0.05, 0.1) is 6.04 Å². The molecule has 0 spiro atoms. The van der Waals surface area contributed by atoms with Crippen molar-refractivity contribution in [2.24, 2.45) is 0 Å². The zero-order valence-electron chi connectivity index (χ0n) is 12.2. The van der Waals surface area contributed by atoms with Crippen molar-refractivity contribution >= 4 is 5.91 Å². The van der Waals surface area contributed by atoms with E-state index in [-0.39, 0.29) is 11.9 Å². The lowest BCUT2D eigenvalue weighted by Crippen LogP contribution is -2.51. The van der Waals surface area contributed by atoms with Crippen molar-refractivity contribution in [1.82, 2.24) is 15.5 Å². The van der Waals surface area contributed by atoms with Gasteiger partial charge in [-0.15, -0.1) is 0 Å². The molecule has 1 saturated heterocycles. The third-order valence-electron chi connectivity index (χ3n) is 3.65. The normalized spacial score (nSPS) is 24.2. The van der Waals surface area contributed by atoms with Gasteiger partial charge in [0.15, 0.2) is 0 Å². The Morgan fingerprint density at radius 2 is 2.11 bits per heavy atom. The molecular weight excluding hydrogens is 226 g/mol. The Bertz CT molecular complexity index is 245. The monoisotopic (exact) mass is 255 g/mol. The highest BCUT2D eigenvalue weighted by Gasteiger charge is 2.23. The van der Waals surface area contributed by atoms with Gasteiger partial charge in [-0.05, 0) is 45.7 Å². The van der Waals surface area contributed by atoms with Gasteiger partial charge in [-0.25, -0.2) is 0 Å². The molecule has 4 heteroatoms. The predicted molar refractivity (Wildman–Crippen MR) is 75.7 cm³/mol. The Morgan fingerprint density at radius 1 is 1.33 bits per heavy atom. The van der Waals surface area contributed by atoms with Crippen LogP contribution in [-0.2, 0) is 4.79 Å². The summed E-state index contributed by atoms with van der Waals surface area (Å²) in [6, 6.07) is 0.497. The Balaban J connectivity index is 2.19. The second-order valence-corrected chi connectivity index (χ2v) is 5.28. The van der Waals surface area contributed by atoms with Crippen LogP contribution in [0.4, 0.5) is 0 Å². The second-order valence-electron chi connectivity index (χ2n) is 5.28. The summed E-state index contributed by atoms with van der Waals surface area (Å²) in [7, 11) is 0. The van der Waals surface area contributed by atoms with Gasteiger partial charge in [0.2, 0.25) is 5.91 Å². The fourth-order valence-electron chi connectivity index (χ4n) is 2.55. The molecule has 106 valence electrons. The lowest BCUT2D eigenvalue weighted by Gasteiger charge is -2.28. The second kappa shape index (κ2) is 8.48. The average molecular weight is 255 g/mol. The molecule has 0 aromatic rings. The number of carbonyl (C=O) groups excluding carboxylic acids is 1. The van der Waals surface area contributed by atoms with Crippen molar-refractivity contribution in [3.05, 3.63) is 0 Å². The van der Waals surface area contributed by atoms with Gasteiger partial charge in [-0.3, -0.25) is 4.79 Å². The molecule has 1 heterocycles. The number of rotatable bonds is 7. The van der Waals surface area contributed by atoms with Crippen LogP contribution in [0.2, 0.25) is 0 Å². The molecule has 0 aromatic heterocycles. The Labute approximate surface area is 111 Å². The summed E-state index contributed by atoms with van der Waals surface area (Å²) in [4.78, 5) is 14.4. The molecule has 0 aliphatic carbocycles. The molecule has 0 saturated carbocycles. The molecule has 18 heavy (non-hydrogen) atoms. The van der Waals surface area contributed by atoms with Gasteiger partial charge >= 0.3 is 0 Å². The molecule has 1 aliphatic heterocycles. The average Bonchev–Trinajstić information content (AvgIpc) is 2.37. The van der Waals surface area contributed by atoms with E-state index in [0.717, 1.165) is 39.0 Å². The number of amides is 1. The first-order valence-electron chi connectivity index (χ1n) is 7.43. The van der Waals surface area contributed by atoms with Gasteiger partial charge in [0, 0.05) is 19.1 Å². The van der Waals surface area contributed by atoms with Gasteiger partial charge in [0.1, 0.15) is 0 Å². The van der Waals surface area contributed by atoms with Crippen LogP contribution in [0, 0.1) is 0 Å². The van der Waals surface area contributed by atoms with Crippen LogP contribution in [0.5, 0.6) is 0 Å². The lowest BCUT2D eigenvalue weighted by atomic mass is 9.99. The number of nitrogens with zero attached hydrogens (tertiary/aromatic N) is 1. The predicted octanol–water partition coefficient (Wildman–Crippen LogP) is 1.37. The quantitative estimate of drug-likeness (QED) is 0.722. The molecule has 2 N–H and O–H groups in total. The highest BCUT2D eigenvalue weighted by Crippen LogP contribution is 2.12. The number of likely N-dealkylation sites (N-methyl/N-ethyl adjacent to an activating group) is 1. The Kier molecular flexibility index (Phi) is 7.28. The van der Waals surface area contributed by atoms with Crippen molar-refractivity contribution in [2.45, 2.75) is 58.5 Å². The first kappa shape index (κ1) is 15.4. The zero-order chi connectivity index (χ0) is 13.4. The third-order valence-corrected chi connectivity index (χ3v) is 3.65. The minimum absolute atomic E-state index is 0.0231. The van der Waals surface area contributed by atoms with Crippen molar-refractivity contribution < 1.29 is 4.79 Å². The van der Waals surface area contributed by atoms with Crippen LogP contribution in [0.15, 0.2) is 0 Å². The van der Waals surface area contributed by atoms with Gasteiger partial charge in [0.25, 0.3) is 0 Å². The van der Waals surface area contributed by atoms with Crippen LogP contribution < -0.4 is 10.6 Å².